The number of hydrogen-bond donors (Lipinski definition) is 2. The first-order valence-electron chi connectivity index (χ1n) is 9.07. The van der Waals surface area contributed by atoms with Gasteiger partial charge in [-0.15, -0.1) is 0 Å². The predicted octanol–water partition coefficient (Wildman–Crippen LogP) is 4.24. The third-order valence-electron chi connectivity index (χ3n) is 4.56. The number of hydrogen-bond acceptors (Lipinski definition) is 4. The van der Waals surface area contributed by atoms with E-state index in [1.165, 1.54) is 34.6 Å². The summed E-state index contributed by atoms with van der Waals surface area (Å²) in [4.78, 5) is 22.4. The Bertz CT molecular complexity index is 1210. The van der Waals surface area contributed by atoms with Gasteiger partial charge in [-0.05, 0) is 63.5 Å². The molecular formula is C22H18BrNO6S. The molecular weight excluding hydrogens is 486 g/mol. The van der Waals surface area contributed by atoms with Gasteiger partial charge in [0, 0.05) is 17.6 Å². The minimum Gasteiger partial charge on any atom is -0.478 e. The van der Waals surface area contributed by atoms with E-state index in [1.54, 1.807) is 42.5 Å². The summed E-state index contributed by atoms with van der Waals surface area (Å²) in [6, 6.07) is 18.5. The number of aromatic carboxylic acids is 2. The van der Waals surface area contributed by atoms with Gasteiger partial charge < -0.3 is 10.2 Å². The van der Waals surface area contributed by atoms with Gasteiger partial charge in [0.25, 0.3) is 0 Å². The molecule has 0 fully saturated rings. The molecule has 0 aromatic heterocycles. The molecule has 3 aromatic carbocycles. The van der Waals surface area contributed by atoms with Gasteiger partial charge in [-0.1, -0.05) is 36.4 Å². The third-order valence-corrected chi connectivity index (χ3v) is 7.03. The minimum atomic E-state index is -3.88. The molecule has 9 heteroatoms. The number of carboxylic acid groups (broad SMARTS) is 2. The highest BCUT2D eigenvalue weighted by atomic mass is 79.9. The Morgan fingerprint density at radius 2 is 1.39 bits per heavy atom. The van der Waals surface area contributed by atoms with E-state index < -0.39 is 22.0 Å². The molecule has 160 valence electrons. The molecule has 0 amide bonds. The maximum absolute atomic E-state index is 13.3. The number of sulfonamides is 1. The summed E-state index contributed by atoms with van der Waals surface area (Å²) in [5, 5.41) is 18.3. The molecule has 0 aliphatic carbocycles. The molecule has 0 aliphatic heterocycles. The topological polar surface area (TPSA) is 112 Å². The van der Waals surface area contributed by atoms with Crippen molar-refractivity contribution in [2.45, 2.75) is 18.0 Å². The molecule has 0 atom stereocenters. The highest BCUT2D eigenvalue weighted by Gasteiger charge is 2.25. The maximum Gasteiger partial charge on any atom is 0.336 e. The van der Waals surface area contributed by atoms with Crippen LogP contribution in [0.2, 0.25) is 0 Å². The average Bonchev–Trinajstić information content (AvgIpc) is 2.74. The zero-order valence-corrected chi connectivity index (χ0v) is 18.5. The standard InChI is InChI=1S/C22H18BrNO6S/c23-20-12-16(8-11-19(20)22(27)28)14-24(31(29,30)18-4-2-1-3-5-18)13-15-6-9-17(10-7-15)21(25)26/h1-12H,13-14H2,(H,25,26)(H,27,28). The van der Waals surface area contributed by atoms with Crippen molar-refractivity contribution in [3.63, 3.8) is 0 Å². The number of halogens is 1. The summed E-state index contributed by atoms with van der Waals surface area (Å²) in [6.45, 7) is 0.00579. The molecule has 2 N–H and O–H groups in total. The molecule has 3 rings (SSSR count). The molecule has 0 heterocycles. The molecule has 0 aliphatic rings. The predicted molar refractivity (Wildman–Crippen MR) is 117 cm³/mol. The van der Waals surface area contributed by atoms with Crippen LogP contribution in [0.15, 0.2) is 82.2 Å². The van der Waals surface area contributed by atoms with Crippen molar-refractivity contribution in [1.29, 1.82) is 0 Å². The monoisotopic (exact) mass is 503 g/mol. The number of nitrogens with zero attached hydrogens (tertiary/aromatic N) is 1. The van der Waals surface area contributed by atoms with E-state index in [1.807, 2.05) is 0 Å². The highest BCUT2D eigenvalue weighted by Crippen LogP contribution is 2.24. The first-order chi connectivity index (χ1) is 14.7. The summed E-state index contributed by atoms with van der Waals surface area (Å²) < 4.78 is 28.2. The zero-order valence-electron chi connectivity index (χ0n) is 16.1. The molecule has 0 saturated heterocycles. The van der Waals surface area contributed by atoms with Gasteiger partial charge in [0.05, 0.1) is 16.0 Å². The Balaban J connectivity index is 1.97. The Morgan fingerprint density at radius 3 is 1.94 bits per heavy atom. The molecule has 0 unspecified atom stereocenters. The fraction of sp³-hybridized carbons (Fsp3) is 0.0909. The summed E-state index contributed by atoms with van der Waals surface area (Å²) in [7, 11) is -3.88. The normalized spacial score (nSPS) is 11.4. The van der Waals surface area contributed by atoms with Crippen LogP contribution in [-0.4, -0.2) is 34.9 Å². The van der Waals surface area contributed by atoms with Crippen molar-refractivity contribution < 1.29 is 28.2 Å². The van der Waals surface area contributed by atoms with Crippen molar-refractivity contribution >= 4 is 37.9 Å². The van der Waals surface area contributed by atoms with Gasteiger partial charge in [-0.2, -0.15) is 4.31 Å². The van der Waals surface area contributed by atoms with Crippen molar-refractivity contribution in [1.82, 2.24) is 4.31 Å². The van der Waals surface area contributed by atoms with Crippen molar-refractivity contribution in [2.75, 3.05) is 0 Å². The molecule has 31 heavy (non-hydrogen) atoms. The highest BCUT2D eigenvalue weighted by molar-refractivity contribution is 9.10. The number of benzene rings is 3. The first kappa shape index (κ1) is 22.7. The van der Waals surface area contributed by atoms with Crippen molar-refractivity contribution in [3.05, 3.63) is 99.5 Å². The smallest absolute Gasteiger partial charge is 0.336 e. The van der Waals surface area contributed by atoms with Gasteiger partial charge >= 0.3 is 11.9 Å². The lowest BCUT2D eigenvalue weighted by molar-refractivity contribution is 0.0685. The van der Waals surface area contributed by atoms with E-state index in [9.17, 15) is 23.1 Å². The largest absolute Gasteiger partial charge is 0.478 e. The van der Waals surface area contributed by atoms with Crippen LogP contribution in [0.3, 0.4) is 0 Å². The van der Waals surface area contributed by atoms with Gasteiger partial charge in [-0.3, -0.25) is 0 Å². The Kier molecular flexibility index (Phi) is 6.89. The minimum absolute atomic E-state index is 0.00356. The summed E-state index contributed by atoms with van der Waals surface area (Å²) in [5.74, 6) is -2.16. The molecule has 3 aromatic rings. The van der Waals surface area contributed by atoms with Crippen LogP contribution in [0.5, 0.6) is 0 Å². The molecule has 0 saturated carbocycles. The summed E-state index contributed by atoms with van der Waals surface area (Å²) in [6.07, 6.45) is 0. The molecule has 0 radical (unpaired) electrons. The van der Waals surface area contributed by atoms with Crippen molar-refractivity contribution in [2.24, 2.45) is 0 Å². The van der Waals surface area contributed by atoms with Crippen LogP contribution in [0.1, 0.15) is 31.8 Å². The Morgan fingerprint density at radius 1 is 0.806 bits per heavy atom. The van der Waals surface area contributed by atoms with Crippen LogP contribution in [-0.2, 0) is 23.1 Å². The quantitative estimate of drug-likeness (QED) is 0.475. The second-order valence-electron chi connectivity index (χ2n) is 6.71. The van der Waals surface area contributed by atoms with Crippen LogP contribution in [0.4, 0.5) is 0 Å². The Hall–Kier alpha value is -3.01. The lowest BCUT2D eigenvalue weighted by Crippen LogP contribution is -2.30. The van der Waals surface area contributed by atoms with E-state index in [2.05, 4.69) is 15.9 Å². The average molecular weight is 504 g/mol. The van der Waals surface area contributed by atoms with E-state index in [0.29, 0.717) is 15.6 Å². The lowest BCUT2D eigenvalue weighted by Gasteiger charge is -2.23. The second-order valence-corrected chi connectivity index (χ2v) is 9.50. The summed E-state index contributed by atoms with van der Waals surface area (Å²) >= 11 is 3.22. The van der Waals surface area contributed by atoms with Gasteiger partial charge in [0.1, 0.15) is 0 Å². The fourth-order valence-corrected chi connectivity index (χ4v) is 4.99. The van der Waals surface area contributed by atoms with Gasteiger partial charge in [-0.25, -0.2) is 18.0 Å². The Labute approximate surface area is 187 Å². The SMILES string of the molecule is O=C(O)c1ccc(CN(Cc2ccc(C(=O)O)c(Br)c2)S(=O)(=O)c2ccccc2)cc1. The molecule has 7 nitrogen and oxygen atoms in total. The second kappa shape index (κ2) is 9.42. The molecule has 0 spiro atoms. The van der Waals surface area contributed by atoms with Crippen LogP contribution >= 0.6 is 15.9 Å². The van der Waals surface area contributed by atoms with Crippen LogP contribution in [0.25, 0.3) is 0 Å². The van der Waals surface area contributed by atoms with E-state index in [0.717, 1.165) is 0 Å². The maximum atomic E-state index is 13.3. The number of carboxylic acids is 2. The number of rotatable bonds is 8. The first-order valence-corrected chi connectivity index (χ1v) is 11.3. The molecule has 0 bridgehead atoms. The van der Waals surface area contributed by atoms with Gasteiger partial charge in [0.2, 0.25) is 10.0 Å². The third kappa shape index (κ3) is 5.38. The number of carbonyl (C=O) groups is 2. The zero-order chi connectivity index (χ0) is 22.6. The van der Waals surface area contributed by atoms with Crippen LogP contribution in [0, 0.1) is 0 Å². The van der Waals surface area contributed by atoms with Crippen LogP contribution < -0.4 is 0 Å². The fourth-order valence-electron chi connectivity index (χ4n) is 2.96. The van der Waals surface area contributed by atoms with E-state index in [-0.39, 0.29) is 29.1 Å². The van der Waals surface area contributed by atoms with E-state index in [4.69, 9.17) is 5.11 Å². The van der Waals surface area contributed by atoms with Gasteiger partial charge in [0.15, 0.2) is 0 Å². The summed E-state index contributed by atoms with van der Waals surface area (Å²) in [5.41, 5.74) is 1.39. The lowest BCUT2D eigenvalue weighted by atomic mass is 10.1. The van der Waals surface area contributed by atoms with Crippen molar-refractivity contribution in [3.8, 4) is 0 Å². The van der Waals surface area contributed by atoms with E-state index >= 15 is 0 Å².